The molecule has 0 saturated carbocycles. The zero-order valence-corrected chi connectivity index (χ0v) is 10.3. The van der Waals surface area contributed by atoms with Crippen LogP contribution in [0.3, 0.4) is 0 Å². The molecule has 0 amide bonds. The highest BCUT2D eigenvalue weighted by molar-refractivity contribution is 7.13. The predicted molar refractivity (Wildman–Crippen MR) is 68.3 cm³/mol. The molecule has 0 saturated heterocycles. The number of hydrogen-bond acceptors (Lipinski definition) is 4. The first-order valence-electron chi connectivity index (χ1n) is 5.32. The van der Waals surface area contributed by atoms with Gasteiger partial charge in [0.15, 0.2) is 11.7 Å². The van der Waals surface area contributed by atoms with Gasteiger partial charge >= 0.3 is 0 Å². The predicted octanol–water partition coefficient (Wildman–Crippen LogP) is 2.31. The highest BCUT2D eigenvalue weighted by Gasteiger charge is 2.18. The Kier molecular flexibility index (Phi) is 3.43. The Balaban J connectivity index is 2.43. The fourth-order valence-corrected chi connectivity index (χ4v) is 2.50. The molecule has 90 valence electrons. The summed E-state index contributed by atoms with van der Waals surface area (Å²) in [5.41, 5.74) is 5.70. The lowest BCUT2D eigenvalue weighted by Gasteiger charge is -2.17. The monoisotopic (exact) mass is 250 g/mol. The summed E-state index contributed by atoms with van der Waals surface area (Å²) >= 11 is 1.62. The average Bonchev–Trinajstić information content (AvgIpc) is 2.99. The highest BCUT2D eigenvalue weighted by Crippen LogP contribution is 2.26. The van der Waals surface area contributed by atoms with Gasteiger partial charge in [0.1, 0.15) is 0 Å². The number of oxime groups is 1. The van der Waals surface area contributed by atoms with Gasteiger partial charge in [-0.3, -0.25) is 0 Å². The summed E-state index contributed by atoms with van der Waals surface area (Å²) in [7, 11) is 0. The van der Waals surface area contributed by atoms with Gasteiger partial charge in [-0.05, 0) is 17.9 Å². The molecule has 1 unspecified atom stereocenters. The largest absolute Gasteiger partial charge is 0.409 e. The van der Waals surface area contributed by atoms with E-state index in [2.05, 4.69) is 10.1 Å². The molecular formula is C11H14N4OS. The minimum absolute atomic E-state index is 0.167. The van der Waals surface area contributed by atoms with E-state index in [1.807, 2.05) is 35.2 Å². The first kappa shape index (κ1) is 11.7. The Labute approximate surface area is 103 Å². The molecule has 2 aromatic rings. The summed E-state index contributed by atoms with van der Waals surface area (Å²) in [6, 6.07) is 3.81. The minimum atomic E-state index is -0.167. The summed E-state index contributed by atoms with van der Waals surface area (Å²) in [4.78, 5) is 5.39. The van der Waals surface area contributed by atoms with E-state index in [-0.39, 0.29) is 11.9 Å². The molecule has 0 aliphatic rings. The molecule has 6 heteroatoms. The molecule has 5 nitrogen and oxygen atoms in total. The summed E-state index contributed by atoms with van der Waals surface area (Å²) in [6.07, 6.45) is 4.31. The van der Waals surface area contributed by atoms with Crippen molar-refractivity contribution in [2.45, 2.75) is 19.4 Å². The van der Waals surface area contributed by atoms with Crippen LogP contribution in [0.2, 0.25) is 0 Å². The van der Waals surface area contributed by atoms with Gasteiger partial charge in [-0.2, -0.15) is 0 Å². The minimum Gasteiger partial charge on any atom is -0.409 e. The van der Waals surface area contributed by atoms with Gasteiger partial charge in [-0.25, -0.2) is 4.98 Å². The second-order valence-corrected chi connectivity index (χ2v) is 4.53. The number of rotatable bonds is 4. The van der Waals surface area contributed by atoms with E-state index in [0.29, 0.717) is 0 Å². The van der Waals surface area contributed by atoms with Crippen molar-refractivity contribution in [3.8, 4) is 10.7 Å². The van der Waals surface area contributed by atoms with Crippen LogP contribution in [0.1, 0.15) is 19.4 Å². The topological polar surface area (TPSA) is 76.4 Å². The SMILES string of the molecule is CCC(C(N)=NO)n1ccnc1-c1cccs1. The maximum Gasteiger partial charge on any atom is 0.162 e. The number of thiophene rings is 1. The van der Waals surface area contributed by atoms with E-state index in [9.17, 15) is 0 Å². The van der Waals surface area contributed by atoms with E-state index >= 15 is 0 Å². The standard InChI is InChI=1S/C11H14N4OS/c1-2-8(10(12)14-16)15-6-5-13-11(15)9-4-3-7-17-9/h3-8,16H,2H2,1H3,(H2,12,14). The molecule has 1 atom stereocenters. The van der Waals surface area contributed by atoms with Gasteiger partial charge in [0.25, 0.3) is 0 Å². The van der Waals surface area contributed by atoms with Crippen LogP contribution in [0.4, 0.5) is 0 Å². The van der Waals surface area contributed by atoms with Crippen LogP contribution < -0.4 is 5.73 Å². The molecule has 3 N–H and O–H groups in total. The van der Waals surface area contributed by atoms with E-state index < -0.39 is 0 Å². The Bertz CT molecular complexity index is 503. The van der Waals surface area contributed by atoms with Crippen molar-refractivity contribution < 1.29 is 5.21 Å². The maximum atomic E-state index is 8.79. The quantitative estimate of drug-likeness (QED) is 0.378. The molecule has 0 aromatic carbocycles. The van der Waals surface area contributed by atoms with Gasteiger partial charge in [-0.15, -0.1) is 11.3 Å². The van der Waals surface area contributed by atoms with Crippen LogP contribution in [0.5, 0.6) is 0 Å². The Hall–Kier alpha value is -1.82. The van der Waals surface area contributed by atoms with Gasteiger partial charge in [0.2, 0.25) is 0 Å². The zero-order chi connectivity index (χ0) is 12.3. The number of amidine groups is 1. The molecule has 2 aromatic heterocycles. The van der Waals surface area contributed by atoms with E-state index in [1.54, 1.807) is 17.5 Å². The molecule has 17 heavy (non-hydrogen) atoms. The third-order valence-corrected chi connectivity index (χ3v) is 3.46. The molecular weight excluding hydrogens is 236 g/mol. The lowest BCUT2D eigenvalue weighted by Crippen LogP contribution is -2.26. The fourth-order valence-electron chi connectivity index (χ4n) is 1.78. The third kappa shape index (κ3) is 2.16. The van der Waals surface area contributed by atoms with Crippen molar-refractivity contribution in [2.75, 3.05) is 0 Å². The van der Waals surface area contributed by atoms with Crippen LogP contribution in [0, 0.1) is 0 Å². The Morgan fingerprint density at radius 1 is 1.71 bits per heavy atom. The van der Waals surface area contributed by atoms with Crippen LogP contribution in [-0.2, 0) is 0 Å². The summed E-state index contributed by atoms with van der Waals surface area (Å²) in [5, 5.41) is 13.9. The number of hydrogen-bond donors (Lipinski definition) is 2. The first-order valence-corrected chi connectivity index (χ1v) is 6.20. The van der Waals surface area contributed by atoms with Gasteiger partial charge in [0.05, 0.1) is 10.9 Å². The van der Waals surface area contributed by atoms with Gasteiger partial charge < -0.3 is 15.5 Å². The van der Waals surface area contributed by atoms with Crippen LogP contribution in [0.25, 0.3) is 10.7 Å². The second-order valence-electron chi connectivity index (χ2n) is 3.58. The first-order chi connectivity index (χ1) is 8.27. The lowest BCUT2D eigenvalue weighted by molar-refractivity contribution is 0.313. The van der Waals surface area contributed by atoms with Crippen molar-refractivity contribution in [1.82, 2.24) is 9.55 Å². The number of imidazole rings is 1. The molecule has 2 rings (SSSR count). The maximum absolute atomic E-state index is 8.79. The summed E-state index contributed by atoms with van der Waals surface area (Å²) in [6.45, 7) is 1.99. The Morgan fingerprint density at radius 2 is 2.53 bits per heavy atom. The molecule has 0 bridgehead atoms. The van der Waals surface area contributed by atoms with Crippen molar-refractivity contribution in [1.29, 1.82) is 0 Å². The Morgan fingerprint density at radius 3 is 3.12 bits per heavy atom. The number of aromatic nitrogens is 2. The smallest absolute Gasteiger partial charge is 0.162 e. The summed E-state index contributed by atoms with van der Waals surface area (Å²) < 4.78 is 1.93. The normalized spacial score (nSPS) is 13.8. The lowest BCUT2D eigenvalue weighted by atomic mass is 10.2. The van der Waals surface area contributed by atoms with E-state index in [4.69, 9.17) is 10.9 Å². The van der Waals surface area contributed by atoms with Crippen LogP contribution in [-0.4, -0.2) is 20.6 Å². The molecule has 0 spiro atoms. The van der Waals surface area contributed by atoms with Crippen molar-refractivity contribution in [2.24, 2.45) is 10.9 Å². The molecule has 0 aliphatic heterocycles. The fraction of sp³-hybridized carbons (Fsp3) is 0.273. The third-order valence-electron chi connectivity index (χ3n) is 2.59. The van der Waals surface area contributed by atoms with Crippen molar-refractivity contribution >= 4 is 17.2 Å². The molecule has 0 radical (unpaired) electrons. The van der Waals surface area contributed by atoms with E-state index in [1.165, 1.54) is 0 Å². The van der Waals surface area contributed by atoms with Gasteiger partial charge in [-0.1, -0.05) is 18.1 Å². The zero-order valence-electron chi connectivity index (χ0n) is 9.45. The highest BCUT2D eigenvalue weighted by atomic mass is 32.1. The van der Waals surface area contributed by atoms with Crippen molar-refractivity contribution in [3.05, 3.63) is 29.9 Å². The van der Waals surface area contributed by atoms with Crippen LogP contribution >= 0.6 is 11.3 Å². The van der Waals surface area contributed by atoms with Crippen molar-refractivity contribution in [3.63, 3.8) is 0 Å². The van der Waals surface area contributed by atoms with Gasteiger partial charge in [0, 0.05) is 12.4 Å². The number of nitrogens with zero attached hydrogens (tertiary/aromatic N) is 3. The number of nitrogens with two attached hydrogens (primary N) is 1. The second kappa shape index (κ2) is 5.01. The average molecular weight is 250 g/mol. The van der Waals surface area contributed by atoms with Crippen LogP contribution in [0.15, 0.2) is 35.1 Å². The molecule has 0 aliphatic carbocycles. The molecule has 0 fully saturated rings. The molecule has 2 heterocycles. The van der Waals surface area contributed by atoms with E-state index in [0.717, 1.165) is 17.1 Å². The summed E-state index contributed by atoms with van der Waals surface area (Å²) in [5.74, 6) is 1.04.